The first-order chi connectivity index (χ1) is 15.4. The van der Waals surface area contributed by atoms with Crippen LogP contribution in [0.4, 0.5) is 0 Å². The van der Waals surface area contributed by atoms with Crippen LogP contribution in [0, 0.1) is 0 Å². The molecule has 4 aromatic rings. The van der Waals surface area contributed by atoms with Gasteiger partial charge in [0.25, 0.3) is 5.91 Å². The second-order valence-corrected chi connectivity index (χ2v) is 9.94. The van der Waals surface area contributed by atoms with Gasteiger partial charge in [-0.05, 0) is 53.1 Å². The number of benzene rings is 3. The highest BCUT2D eigenvalue weighted by Crippen LogP contribution is 2.33. The minimum Gasteiger partial charge on any atom is -0.488 e. The number of fused-ring (bicyclic) bond motifs is 2. The molecular weight excluding hydrogens is 426 g/mol. The molecule has 1 atom stereocenters. The standard InChI is InChI=1S/C25H21NO5S/c1-32(28,29)21-9-6-16(7-10-21)17-8-11-23-19(12-17)13-20(30-23)15-26-25(27)24-14-18-4-2-3-5-22(18)31-24/h2-12,14,20H,13,15H2,1H3,(H,26,27)/t20-/m1/s1. The second-order valence-electron chi connectivity index (χ2n) is 7.92. The molecule has 0 fully saturated rings. The van der Waals surface area contributed by atoms with E-state index in [0.717, 1.165) is 27.8 Å². The number of amides is 1. The molecule has 0 bridgehead atoms. The Hall–Kier alpha value is -3.58. The van der Waals surface area contributed by atoms with Crippen LogP contribution >= 0.6 is 0 Å². The lowest BCUT2D eigenvalue weighted by atomic mass is 10.0. The molecule has 0 spiro atoms. The van der Waals surface area contributed by atoms with Gasteiger partial charge in [0.05, 0.1) is 11.4 Å². The van der Waals surface area contributed by atoms with E-state index in [-0.39, 0.29) is 17.8 Å². The Bertz CT molecular complexity index is 1390. The van der Waals surface area contributed by atoms with Crippen molar-refractivity contribution in [1.29, 1.82) is 0 Å². The predicted octanol–water partition coefficient (Wildman–Crippen LogP) is 4.24. The van der Waals surface area contributed by atoms with Crippen molar-refractivity contribution in [2.45, 2.75) is 17.4 Å². The Morgan fingerprint density at radius 1 is 1.00 bits per heavy atom. The fraction of sp³-hybridized carbons (Fsp3) is 0.160. The molecule has 32 heavy (non-hydrogen) atoms. The highest BCUT2D eigenvalue weighted by molar-refractivity contribution is 7.90. The van der Waals surface area contributed by atoms with Crippen LogP contribution in [0.1, 0.15) is 16.1 Å². The molecule has 1 aliphatic rings. The summed E-state index contributed by atoms with van der Waals surface area (Å²) in [5, 5.41) is 3.78. The number of nitrogens with one attached hydrogen (secondary N) is 1. The molecular formula is C25H21NO5S. The lowest BCUT2D eigenvalue weighted by Crippen LogP contribution is -2.34. The first kappa shape index (κ1) is 20.3. The lowest BCUT2D eigenvalue weighted by Gasteiger charge is -2.11. The van der Waals surface area contributed by atoms with Gasteiger partial charge in [-0.1, -0.05) is 36.4 Å². The molecule has 0 saturated heterocycles. The Morgan fingerprint density at radius 3 is 2.50 bits per heavy atom. The SMILES string of the molecule is CS(=O)(=O)c1ccc(-c2ccc3c(c2)C[C@H](CNC(=O)c2cc4ccccc4o2)O3)cc1. The molecule has 0 aliphatic carbocycles. The van der Waals surface area contributed by atoms with Crippen LogP contribution in [-0.4, -0.2) is 33.2 Å². The molecule has 1 aromatic heterocycles. The van der Waals surface area contributed by atoms with E-state index in [1.807, 2.05) is 42.5 Å². The van der Waals surface area contributed by atoms with Gasteiger partial charge in [-0.25, -0.2) is 8.42 Å². The van der Waals surface area contributed by atoms with Gasteiger partial charge in [0.2, 0.25) is 0 Å². The maximum atomic E-state index is 12.5. The van der Waals surface area contributed by atoms with Crippen molar-refractivity contribution in [3.8, 4) is 16.9 Å². The van der Waals surface area contributed by atoms with Crippen LogP contribution in [0.2, 0.25) is 0 Å². The molecule has 0 radical (unpaired) electrons. The van der Waals surface area contributed by atoms with Crippen LogP contribution in [0.15, 0.2) is 82.1 Å². The van der Waals surface area contributed by atoms with Gasteiger partial charge in [0, 0.05) is 18.1 Å². The summed E-state index contributed by atoms with van der Waals surface area (Å²) in [5.41, 5.74) is 3.65. The van der Waals surface area contributed by atoms with E-state index >= 15 is 0 Å². The topological polar surface area (TPSA) is 85.6 Å². The number of furan rings is 1. The van der Waals surface area contributed by atoms with E-state index in [9.17, 15) is 13.2 Å². The van der Waals surface area contributed by atoms with Crippen molar-refractivity contribution < 1.29 is 22.4 Å². The lowest BCUT2D eigenvalue weighted by molar-refractivity contribution is 0.0908. The second kappa shape index (κ2) is 7.84. The molecule has 1 N–H and O–H groups in total. The van der Waals surface area contributed by atoms with E-state index in [4.69, 9.17) is 9.15 Å². The molecule has 162 valence electrons. The Kier molecular flexibility index (Phi) is 4.98. The first-order valence-electron chi connectivity index (χ1n) is 10.2. The molecule has 1 aliphatic heterocycles. The maximum absolute atomic E-state index is 12.5. The van der Waals surface area contributed by atoms with Gasteiger partial charge in [0.15, 0.2) is 15.6 Å². The molecule has 2 heterocycles. The van der Waals surface area contributed by atoms with Crippen LogP contribution in [0.3, 0.4) is 0 Å². The molecule has 1 amide bonds. The number of hydrogen-bond donors (Lipinski definition) is 1. The first-order valence-corrected chi connectivity index (χ1v) is 12.1. The number of para-hydroxylation sites is 1. The zero-order chi connectivity index (χ0) is 22.3. The monoisotopic (exact) mass is 447 g/mol. The highest BCUT2D eigenvalue weighted by Gasteiger charge is 2.24. The van der Waals surface area contributed by atoms with Crippen molar-refractivity contribution in [2.24, 2.45) is 0 Å². The Morgan fingerprint density at radius 2 is 1.75 bits per heavy atom. The fourth-order valence-electron chi connectivity index (χ4n) is 3.90. The predicted molar refractivity (Wildman–Crippen MR) is 122 cm³/mol. The number of ether oxygens (including phenoxy) is 1. The maximum Gasteiger partial charge on any atom is 0.287 e. The van der Waals surface area contributed by atoms with Gasteiger partial charge >= 0.3 is 0 Å². The van der Waals surface area contributed by atoms with Gasteiger partial charge in [-0.3, -0.25) is 4.79 Å². The number of sulfone groups is 1. The summed E-state index contributed by atoms with van der Waals surface area (Å²) in [6.45, 7) is 0.364. The van der Waals surface area contributed by atoms with Gasteiger partial charge in [0.1, 0.15) is 17.4 Å². The summed E-state index contributed by atoms with van der Waals surface area (Å²) in [4.78, 5) is 12.8. The molecule has 3 aromatic carbocycles. The zero-order valence-corrected chi connectivity index (χ0v) is 18.2. The molecule has 7 heteroatoms. The smallest absolute Gasteiger partial charge is 0.287 e. The van der Waals surface area contributed by atoms with Gasteiger partial charge in [-0.15, -0.1) is 0 Å². The third-order valence-electron chi connectivity index (χ3n) is 5.56. The third-order valence-corrected chi connectivity index (χ3v) is 6.69. The molecule has 0 saturated carbocycles. The van der Waals surface area contributed by atoms with Crippen molar-refractivity contribution in [3.05, 3.63) is 84.1 Å². The molecule has 5 rings (SSSR count). The van der Waals surface area contributed by atoms with E-state index in [0.29, 0.717) is 23.4 Å². The van der Waals surface area contributed by atoms with Crippen molar-refractivity contribution in [1.82, 2.24) is 5.32 Å². The number of carbonyl (C=O) groups excluding carboxylic acids is 1. The Balaban J connectivity index is 1.24. The van der Waals surface area contributed by atoms with Crippen molar-refractivity contribution in [2.75, 3.05) is 12.8 Å². The average molecular weight is 448 g/mol. The summed E-state index contributed by atoms with van der Waals surface area (Å²) in [7, 11) is -3.22. The number of rotatable bonds is 5. The van der Waals surface area contributed by atoms with Gasteiger partial charge in [-0.2, -0.15) is 0 Å². The van der Waals surface area contributed by atoms with E-state index in [1.165, 1.54) is 6.26 Å². The van der Waals surface area contributed by atoms with Crippen LogP contribution < -0.4 is 10.1 Å². The molecule has 6 nitrogen and oxygen atoms in total. The zero-order valence-electron chi connectivity index (χ0n) is 17.4. The summed E-state index contributed by atoms with van der Waals surface area (Å²) in [5.74, 6) is 0.804. The van der Waals surface area contributed by atoms with E-state index in [1.54, 1.807) is 30.3 Å². The molecule has 0 unspecified atom stereocenters. The summed E-state index contributed by atoms with van der Waals surface area (Å²) in [6.07, 6.45) is 1.70. The fourth-order valence-corrected chi connectivity index (χ4v) is 4.53. The van der Waals surface area contributed by atoms with Crippen molar-refractivity contribution in [3.63, 3.8) is 0 Å². The summed E-state index contributed by atoms with van der Waals surface area (Å²) in [6, 6.07) is 22.0. The van der Waals surface area contributed by atoms with Crippen LogP contribution in [0.25, 0.3) is 22.1 Å². The Labute approximate surface area is 185 Å². The highest BCUT2D eigenvalue weighted by atomic mass is 32.2. The number of carbonyl (C=O) groups is 1. The normalized spacial score (nSPS) is 15.3. The summed E-state index contributed by atoms with van der Waals surface area (Å²) < 4.78 is 34.9. The minimum absolute atomic E-state index is 0.166. The van der Waals surface area contributed by atoms with E-state index < -0.39 is 9.84 Å². The third kappa shape index (κ3) is 3.99. The van der Waals surface area contributed by atoms with Crippen LogP contribution in [0.5, 0.6) is 5.75 Å². The number of hydrogen-bond acceptors (Lipinski definition) is 5. The van der Waals surface area contributed by atoms with E-state index in [2.05, 4.69) is 5.32 Å². The van der Waals surface area contributed by atoms with Crippen molar-refractivity contribution >= 4 is 26.7 Å². The summed E-state index contributed by atoms with van der Waals surface area (Å²) >= 11 is 0. The van der Waals surface area contributed by atoms with Gasteiger partial charge < -0.3 is 14.5 Å². The largest absolute Gasteiger partial charge is 0.488 e. The minimum atomic E-state index is -3.22. The quantitative estimate of drug-likeness (QED) is 0.495. The van der Waals surface area contributed by atoms with Crippen LogP contribution in [-0.2, 0) is 16.3 Å². The average Bonchev–Trinajstić information content (AvgIpc) is 3.40.